The molecule has 1 saturated heterocycles. The molecule has 7 nitrogen and oxygen atoms in total. The Kier molecular flexibility index (Phi) is 12.0. The lowest BCUT2D eigenvalue weighted by atomic mass is 9.98. The van der Waals surface area contributed by atoms with Crippen LogP contribution in [0.1, 0.15) is 65.2 Å². The van der Waals surface area contributed by atoms with E-state index in [-0.39, 0.29) is 19.4 Å². The summed E-state index contributed by atoms with van der Waals surface area (Å²) in [5.41, 5.74) is 0. The summed E-state index contributed by atoms with van der Waals surface area (Å²) in [5.74, 6) is -2.51. The molecule has 0 N–H and O–H groups in total. The molecule has 1 heterocycles. The van der Waals surface area contributed by atoms with Crippen LogP contribution in [0.3, 0.4) is 0 Å². The zero-order valence-electron chi connectivity index (χ0n) is 15.3. The maximum Gasteiger partial charge on any atom is 0.344 e. The largest absolute Gasteiger partial charge is 0.465 e. The van der Waals surface area contributed by atoms with Crippen molar-refractivity contribution in [2.24, 2.45) is 5.92 Å². The normalized spacial score (nSPS) is 14.6. The van der Waals surface area contributed by atoms with E-state index in [1.165, 1.54) is 0 Å². The zero-order valence-corrected chi connectivity index (χ0v) is 15.3. The third-order valence-corrected chi connectivity index (χ3v) is 3.63. The van der Waals surface area contributed by atoms with Crippen molar-refractivity contribution < 1.29 is 28.8 Å². The number of carbonyl (C=O) groups excluding carboxylic acids is 4. The molecule has 0 aliphatic carbocycles. The van der Waals surface area contributed by atoms with Crippen molar-refractivity contribution >= 4 is 23.8 Å². The quantitative estimate of drug-likeness (QED) is 0.259. The molecule has 142 valence electrons. The maximum absolute atomic E-state index is 11.7. The highest BCUT2D eigenvalue weighted by molar-refractivity contribution is 6.02. The standard InChI is InChI=1S/C16H25NO6.C2H4/c1-3-5-7-12(6-4-2)11-22-15(20)10-16(21)23-17-13(18)8-9-14(17)19;1-2/h12H,3-11H2,1-2H3;1-2H2. The Morgan fingerprint density at radius 1 is 1.04 bits per heavy atom. The number of nitrogens with zero attached hydrogens (tertiary/aromatic N) is 1. The fraction of sp³-hybridized carbons (Fsp3) is 0.667. The van der Waals surface area contributed by atoms with E-state index in [1.54, 1.807) is 0 Å². The summed E-state index contributed by atoms with van der Waals surface area (Å²) in [5, 5.41) is 0.427. The predicted molar refractivity (Wildman–Crippen MR) is 91.9 cm³/mol. The molecular weight excluding hydrogens is 326 g/mol. The monoisotopic (exact) mass is 355 g/mol. The predicted octanol–water partition coefficient (Wildman–Crippen LogP) is 2.94. The minimum Gasteiger partial charge on any atom is -0.465 e. The highest BCUT2D eigenvalue weighted by Gasteiger charge is 2.33. The van der Waals surface area contributed by atoms with Crippen molar-refractivity contribution in [3.05, 3.63) is 13.2 Å². The molecule has 25 heavy (non-hydrogen) atoms. The van der Waals surface area contributed by atoms with Crippen molar-refractivity contribution in [2.75, 3.05) is 6.61 Å². The van der Waals surface area contributed by atoms with Gasteiger partial charge in [0.1, 0.15) is 6.42 Å². The Bertz CT molecular complexity index is 446. The molecule has 1 fully saturated rings. The summed E-state index contributed by atoms with van der Waals surface area (Å²) < 4.78 is 5.11. The first-order valence-electron chi connectivity index (χ1n) is 8.70. The molecule has 0 spiro atoms. The van der Waals surface area contributed by atoms with Crippen LogP contribution >= 0.6 is 0 Å². The third kappa shape index (κ3) is 9.02. The lowest BCUT2D eigenvalue weighted by Crippen LogP contribution is -2.33. The van der Waals surface area contributed by atoms with Gasteiger partial charge in [0.25, 0.3) is 11.8 Å². The second-order valence-electron chi connectivity index (χ2n) is 5.70. The van der Waals surface area contributed by atoms with E-state index < -0.39 is 30.2 Å². The van der Waals surface area contributed by atoms with Gasteiger partial charge in [-0.2, -0.15) is 0 Å². The average molecular weight is 355 g/mol. The summed E-state index contributed by atoms with van der Waals surface area (Å²) >= 11 is 0. The Morgan fingerprint density at radius 3 is 2.16 bits per heavy atom. The molecule has 0 aromatic heterocycles. The van der Waals surface area contributed by atoms with Crippen LogP contribution in [0.2, 0.25) is 0 Å². The first kappa shape index (κ1) is 22.8. The van der Waals surface area contributed by atoms with Crippen LogP contribution in [0.4, 0.5) is 0 Å². The Morgan fingerprint density at radius 2 is 1.64 bits per heavy atom. The molecule has 1 aliphatic heterocycles. The summed E-state index contributed by atoms with van der Waals surface area (Å²) in [6.45, 7) is 10.5. The number of carbonyl (C=O) groups is 4. The number of esters is 1. The SMILES string of the molecule is C=C.CCCCC(CCC)COC(=O)CC(=O)ON1C(=O)CCC1=O. The lowest BCUT2D eigenvalue weighted by molar-refractivity contribution is -0.198. The molecule has 2 amide bonds. The number of rotatable bonds is 10. The van der Waals surface area contributed by atoms with Crippen molar-refractivity contribution in [2.45, 2.75) is 65.2 Å². The summed E-state index contributed by atoms with van der Waals surface area (Å²) in [7, 11) is 0. The van der Waals surface area contributed by atoms with Crippen molar-refractivity contribution in [3.8, 4) is 0 Å². The van der Waals surface area contributed by atoms with Gasteiger partial charge in [0, 0.05) is 12.8 Å². The van der Waals surface area contributed by atoms with Gasteiger partial charge in [-0.05, 0) is 18.8 Å². The van der Waals surface area contributed by atoms with Crippen LogP contribution in [0.25, 0.3) is 0 Å². The first-order valence-corrected chi connectivity index (χ1v) is 8.70. The fourth-order valence-corrected chi connectivity index (χ4v) is 2.38. The molecule has 0 aromatic carbocycles. The summed E-state index contributed by atoms with van der Waals surface area (Å²) in [6.07, 6.45) is 4.55. The van der Waals surface area contributed by atoms with Crippen LogP contribution in [0.15, 0.2) is 13.2 Å². The number of amides is 2. The van der Waals surface area contributed by atoms with Gasteiger partial charge in [0.2, 0.25) is 0 Å². The number of ether oxygens (including phenoxy) is 1. The average Bonchev–Trinajstić information content (AvgIpc) is 2.91. The van der Waals surface area contributed by atoms with E-state index in [0.29, 0.717) is 11.0 Å². The van der Waals surface area contributed by atoms with Gasteiger partial charge < -0.3 is 9.57 Å². The highest BCUT2D eigenvalue weighted by atomic mass is 16.7. The molecule has 0 bridgehead atoms. The Balaban J connectivity index is 0.00000277. The van der Waals surface area contributed by atoms with E-state index in [9.17, 15) is 19.2 Å². The van der Waals surface area contributed by atoms with Crippen molar-refractivity contribution in [3.63, 3.8) is 0 Å². The van der Waals surface area contributed by atoms with Crippen molar-refractivity contribution in [1.82, 2.24) is 5.06 Å². The highest BCUT2D eigenvalue weighted by Crippen LogP contribution is 2.16. The molecular formula is C18H29NO6. The molecule has 0 aromatic rings. The fourth-order valence-electron chi connectivity index (χ4n) is 2.38. The second-order valence-corrected chi connectivity index (χ2v) is 5.70. The number of hydrogen-bond donors (Lipinski definition) is 0. The topological polar surface area (TPSA) is 90.0 Å². The van der Waals surface area contributed by atoms with E-state index in [2.05, 4.69) is 31.8 Å². The first-order chi connectivity index (χ1) is 12.0. The van der Waals surface area contributed by atoms with Crippen LogP contribution < -0.4 is 0 Å². The van der Waals surface area contributed by atoms with Gasteiger partial charge in [-0.25, -0.2) is 4.79 Å². The number of hydrogen-bond acceptors (Lipinski definition) is 6. The van der Waals surface area contributed by atoms with Crippen molar-refractivity contribution in [1.29, 1.82) is 0 Å². The minimum atomic E-state index is -0.959. The van der Waals surface area contributed by atoms with Gasteiger partial charge in [-0.1, -0.05) is 33.1 Å². The molecule has 0 saturated carbocycles. The summed E-state index contributed by atoms with van der Waals surface area (Å²) in [4.78, 5) is 50.5. The van der Waals surface area contributed by atoms with E-state index >= 15 is 0 Å². The van der Waals surface area contributed by atoms with E-state index in [0.717, 1.165) is 32.1 Å². The molecule has 0 radical (unpaired) electrons. The van der Waals surface area contributed by atoms with Crippen LogP contribution in [0.5, 0.6) is 0 Å². The molecule has 1 rings (SSSR count). The van der Waals surface area contributed by atoms with Crippen LogP contribution in [-0.4, -0.2) is 35.4 Å². The molecule has 7 heteroatoms. The lowest BCUT2D eigenvalue weighted by Gasteiger charge is -2.16. The summed E-state index contributed by atoms with van der Waals surface area (Å²) in [6, 6.07) is 0. The van der Waals surface area contributed by atoms with E-state index in [1.807, 2.05) is 0 Å². The van der Waals surface area contributed by atoms with Gasteiger partial charge >= 0.3 is 11.9 Å². The van der Waals surface area contributed by atoms with Gasteiger partial charge in [-0.3, -0.25) is 14.4 Å². The maximum atomic E-state index is 11.7. The molecule has 1 unspecified atom stereocenters. The van der Waals surface area contributed by atoms with Gasteiger partial charge in [0.15, 0.2) is 0 Å². The second kappa shape index (κ2) is 13.1. The number of imide groups is 1. The minimum absolute atomic E-state index is 0.0205. The van der Waals surface area contributed by atoms with E-state index in [4.69, 9.17) is 4.74 Å². The molecule has 1 atom stereocenters. The van der Waals surface area contributed by atoms with Gasteiger partial charge in [0.05, 0.1) is 6.61 Å². The van der Waals surface area contributed by atoms with Crippen LogP contribution in [0, 0.1) is 5.92 Å². The zero-order chi connectivity index (χ0) is 19.2. The Labute approximate surface area is 149 Å². The number of unbranched alkanes of at least 4 members (excludes halogenated alkanes) is 1. The number of hydroxylamine groups is 2. The Hall–Kier alpha value is -2.18. The third-order valence-electron chi connectivity index (χ3n) is 3.63. The smallest absolute Gasteiger partial charge is 0.344 e. The molecule has 1 aliphatic rings. The van der Waals surface area contributed by atoms with Gasteiger partial charge in [-0.15, -0.1) is 18.2 Å². The van der Waals surface area contributed by atoms with Crippen LogP contribution in [-0.2, 0) is 28.8 Å².